The van der Waals surface area contributed by atoms with Crippen molar-refractivity contribution in [3.8, 4) is 16.9 Å². The van der Waals surface area contributed by atoms with Crippen molar-refractivity contribution in [2.75, 3.05) is 33.1 Å². The average Bonchev–Trinajstić information content (AvgIpc) is 2.90. The fourth-order valence-electron chi connectivity index (χ4n) is 6.73. The van der Waals surface area contributed by atoms with Crippen LogP contribution in [0.15, 0.2) is 47.2 Å². The zero-order valence-electron chi connectivity index (χ0n) is 23.4. The molecule has 0 heterocycles. The Balaban J connectivity index is 1.77. The van der Waals surface area contributed by atoms with E-state index in [1.807, 2.05) is 0 Å². The molecule has 220 valence electrons. The predicted molar refractivity (Wildman–Crippen MR) is 151 cm³/mol. The van der Waals surface area contributed by atoms with Crippen LogP contribution in [0.5, 0.6) is 5.75 Å². The first-order valence-electron chi connectivity index (χ1n) is 13.2. The first-order valence-corrected chi connectivity index (χ1v) is 13.2. The standard InChI is InChI=1S/C30H31N3O9/c1-32(2)18-11-15(12-6-5-7-13(8-12)29(40)41)23(34)20-16(18)9-14-10-17-22(33(3)4)25(36)21(28(31)39)27(38)30(17,42)26(37)19(14)24(20)35/h5-8,11,14,17,22,34-35,38,42H,9-10H2,1-4H3,(H2,31,39)(H,40,41)/t14-,17-,22-,30-/m0/s1. The maximum absolute atomic E-state index is 14.1. The lowest BCUT2D eigenvalue weighted by Crippen LogP contribution is -2.65. The van der Waals surface area contributed by atoms with Crippen LogP contribution in [0.1, 0.15) is 27.9 Å². The summed E-state index contributed by atoms with van der Waals surface area (Å²) in [6.07, 6.45) is 0.104. The number of carboxylic acid groups (broad SMARTS) is 1. The van der Waals surface area contributed by atoms with E-state index in [0.717, 1.165) is 0 Å². The Kier molecular flexibility index (Phi) is 6.66. The van der Waals surface area contributed by atoms with E-state index >= 15 is 0 Å². The van der Waals surface area contributed by atoms with Crippen LogP contribution < -0.4 is 10.6 Å². The molecule has 0 aliphatic heterocycles. The molecule has 5 rings (SSSR count). The number of aliphatic hydroxyl groups is 3. The number of amides is 1. The number of carboxylic acids is 1. The van der Waals surface area contributed by atoms with Crippen molar-refractivity contribution in [3.63, 3.8) is 0 Å². The maximum atomic E-state index is 14.1. The van der Waals surface area contributed by atoms with Crippen molar-refractivity contribution in [1.29, 1.82) is 0 Å². The average molecular weight is 578 g/mol. The number of Topliss-reactive ketones (excluding diaryl/α,β-unsaturated/α-hetero) is 2. The van der Waals surface area contributed by atoms with Crippen molar-refractivity contribution in [1.82, 2.24) is 4.90 Å². The monoisotopic (exact) mass is 577 g/mol. The number of fused-ring (bicyclic) bond motifs is 3. The van der Waals surface area contributed by atoms with E-state index in [1.54, 1.807) is 31.1 Å². The van der Waals surface area contributed by atoms with Crippen LogP contribution in [-0.2, 0) is 20.8 Å². The molecule has 0 bridgehead atoms. The molecule has 3 aliphatic carbocycles. The number of aromatic hydroxyl groups is 1. The first-order chi connectivity index (χ1) is 19.6. The number of phenolic OH excluding ortho intramolecular Hbond substituents is 1. The number of anilines is 1. The van der Waals surface area contributed by atoms with Gasteiger partial charge < -0.3 is 36.2 Å². The first kappa shape index (κ1) is 28.8. The number of rotatable bonds is 5. The number of primary amides is 1. The molecule has 1 saturated carbocycles. The highest BCUT2D eigenvalue weighted by molar-refractivity contribution is 6.24. The summed E-state index contributed by atoms with van der Waals surface area (Å²) < 4.78 is 0. The van der Waals surface area contributed by atoms with Gasteiger partial charge in [-0.1, -0.05) is 12.1 Å². The van der Waals surface area contributed by atoms with Gasteiger partial charge in [-0.3, -0.25) is 19.3 Å². The number of ketones is 2. The Labute approximate surface area is 240 Å². The Bertz CT molecular complexity index is 1660. The second-order valence-corrected chi connectivity index (χ2v) is 11.4. The SMILES string of the molecule is CN(C)c1cc(-c2cccc(C(=O)O)c2)c(O)c2c1C[C@H]1C[C@H]3[C@H](N(C)C)C(=O)C(C(N)=O)=C(O)[C@@]3(O)C(=O)C1=C2O. The molecular weight excluding hydrogens is 546 g/mol. The van der Waals surface area contributed by atoms with Crippen LogP contribution in [0.2, 0.25) is 0 Å². The molecule has 12 nitrogen and oxygen atoms in total. The minimum Gasteiger partial charge on any atom is -0.508 e. The number of aromatic carboxylic acids is 1. The number of carbonyl (C=O) groups excluding carboxylic acids is 3. The summed E-state index contributed by atoms with van der Waals surface area (Å²) in [6.45, 7) is 0. The largest absolute Gasteiger partial charge is 0.508 e. The number of carbonyl (C=O) groups is 4. The minimum absolute atomic E-state index is 0.0239. The zero-order chi connectivity index (χ0) is 31.0. The topological polar surface area (TPSA) is 202 Å². The third-order valence-corrected chi connectivity index (χ3v) is 8.60. The van der Waals surface area contributed by atoms with Crippen LogP contribution in [0.4, 0.5) is 5.69 Å². The molecule has 0 radical (unpaired) electrons. The summed E-state index contributed by atoms with van der Waals surface area (Å²) >= 11 is 0. The van der Waals surface area contributed by atoms with E-state index in [-0.39, 0.29) is 35.1 Å². The lowest BCUT2D eigenvalue weighted by molar-refractivity contribution is -0.153. The second-order valence-electron chi connectivity index (χ2n) is 11.4. The van der Waals surface area contributed by atoms with Crippen molar-refractivity contribution >= 4 is 34.9 Å². The van der Waals surface area contributed by atoms with E-state index in [9.17, 15) is 44.7 Å². The third kappa shape index (κ3) is 3.90. The highest BCUT2D eigenvalue weighted by Crippen LogP contribution is 2.54. The van der Waals surface area contributed by atoms with Gasteiger partial charge in [0.05, 0.1) is 17.2 Å². The van der Waals surface area contributed by atoms with Gasteiger partial charge in [0.1, 0.15) is 22.8 Å². The zero-order valence-corrected chi connectivity index (χ0v) is 23.4. The lowest BCUT2D eigenvalue weighted by atomic mass is 9.57. The van der Waals surface area contributed by atoms with Gasteiger partial charge in [-0.05, 0) is 62.2 Å². The maximum Gasteiger partial charge on any atom is 0.335 e. The molecule has 0 unspecified atom stereocenters. The Morgan fingerprint density at radius 3 is 2.29 bits per heavy atom. The molecule has 4 atom stereocenters. The molecular formula is C30H31N3O9. The Hall–Kier alpha value is -4.68. The molecule has 42 heavy (non-hydrogen) atoms. The molecule has 3 aliphatic rings. The van der Waals surface area contributed by atoms with Crippen molar-refractivity contribution in [2.24, 2.45) is 17.6 Å². The highest BCUT2D eigenvalue weighted by atomic mass is 16.4. The second kappa shape index (κ2) is 9.71. The molecule has 0 aromatic heterocycles. The van der Waals surface area contributed by atoms with Gasteiger partial charge in [-0.2, -0.15) is 0 Å². The van der Waals surface area contributed by atoms with E-state index in [0.29, 0.717) is 16.8 Å². The number of hydrogen-bond donors (Lipinski definition) is 6. The van der Waals surface area contributed by atoms with Crippen molar-refractivity contribution < 1.29 is 44.7 Å². The van der Waals surface area contributed by atoms with E-state index < -0.39 is 69.8 Å². The molecule has 2 aromatic rings. The molecule has 2 aromatic carbocycles. The molecule has 1 amide bonds. The molecule has 7 N–H and O–H groups in total. The van der Waals surface area contributed by atoms with Crippen molar-refractivity contribution in [2.45, 2.75) is 24.5 Å². The summed E-state index contributed by atoms with van der Waals surface area (Å²) in [5, 5.41) is 55.4. The Morgan fingerprint density at radius 1 is 1.05 bits per heavy atom. The van der Waals surface area contributed by atoms with Gasteiger partial charge in [0.25, 0.3) is 5.91 Å². The van der Waals surface area contributed by atoms with Gasteiger partial charge in [0, 0.05) is 36.8 Å². The molecule has 1 fully saturated rings. The van der Waals surface area contributed by atoms with Gasteiger partial charge in [0.2, 0.25) is 5.78 Å². The van der Waals surface area contributed by atoms with Crippen LogP contribution in [0, 0.1) is 11.8 Å². The summed E-state index contributed by atoms with van der Waals surface area (Å²) in [5.41, 5.74) is 3.01. The third-order valence-electron chi connectivity index (χ3n) is 8.60. The van der Waals surface area contributed by atoms with Crippen LogP contribution in [0.3, 0.4) is 0 Å². The lowest BCUT2D eigenvalue weighted by Gasteiger charge is -2.50. The van der Waals surface area contributed by atoms with Crippen LogP contribution >= 0.6 is 0 Å². The van der Waals surface area contributed by atoms with Crippen LogP contribution in [-0.4, -0.2) is 93.7 Å². The fourth-order valence-corrected chi connectivity index (χ4v) is 6.73. The smallest absolute Gasteiger partial charge is 0.335 e. The number of nitrogens with zero attached hydrogens (tertiary/aromatic N) is 2. The number of benzene rings is 2. The summed E-state index contributed by atoms with van der Waals surface area (Å²) in [5.74, 6) is -8.48. The highest BCUT2D eigenvalue weighted by Gasteiger charge is 2.64. The summed E-state index contributed by atoms with van der Waals surface area (Å²) in [7, 11) is 6.58. The van der Waals surface area contributed by atoms with E-state index in [2.05, 4.69) is 0 Å². The van der Waals surface area contributed by atoms with Gasteiger partial charge in [-0.25, -0.2) is 4.79 Å². The van der Waals surface area contributed by atoms with Gasteiger partial charge >= 0.3 is 5.97 Å². The Morgan fingerprint density at radius 2 is 1.71 bits per heavy atom. The molecule has 0 spiro atoms. The van der Waals surface area contributed by atoms with Gasteiger partial charge in [-0.15, -0.1) is 0 Å². The summed E-state index contributed by atoms with van der Waals surface area (Å²) in [4.78, 5) is 54.3. The molecule has 0 saturated heterocycles. The van der Waals surface area contributed by atoms with Crippen molar-refractivity contribution in [3.05, 3.63) is 63.9 Å². The summed E-state index contributed by atoms with van der Waals surface area (Å²) in [6, 6.07) is 6.36. The number of likely N-dealkylation sites (N-methyl/N-ethyl adjacent to an activating group) is 1. The normalized spacial score (nSPS) is 25.2. The predicted octanol–water partition coefficient (Wildman–Crippen LogP) is 1.40. The van der Waals surface area contributed by atoms with Gasteiger partial charge in [0.15, 0.2) is 11.4 Å². The molecule has 12 heteroatoms. The quantitative estimate of drug-likeness (QED) is 0.280. The minimum atomic E-state index is -2.74. The number of hydrogen-bond acceptors (Lipinski definition) is 10. The van der Waals surface area contributed by atoms with E-state index in [1.165, 1.54) is 37.2 Å². The number of nitrogens with two attached hydrogens (primary N) is 1. The van der Waals surface area contributed by atoms with Crippen LogP contribution in [0.25, 0.3) is 16.9 Å². The number of aliphatic hydroxyl groups excluding tert-OH is 2. The number of phenols is 1. The fraction of sp³-hybridized carbons (Fsp3) is 0.333. The van der Waals surface area contributed by atoms with E-state index in [4.69, 9.17) is 5.73 Å².